The number of rotatable bonds is 5. The number of thioether (sulfide) groups is 1. The summed E-state index contributed by atoms with van der Waals surface area (Å²) in [6.45, 7) is 8.62. The van der Waals surface area contributed by atoms with E-state index in [1.165, 1.54) is 34.1 Å². The van der Waals surface area contributed by atoms with E-state index in [2.05, 4.69) is 73.5 Å². The average molecular weight is 489 g/mol. The summed E-state index contributed by atoms with van der Waals surface area (Å²) in [6, 6.07) is 22.0. The highest BCUT2D eigenvalue weighted by molar-refractivity contribution is 8.13. The molecule has 5 heteroatoms. The maximum Gasteiger partial charge on any atom is 0.283 e. The van der Waals surface area contributed by atoms with Crippen LogP contribution in [0.4, 0.5) is 20.6 Å². The summed E-state index contributed by atoms with van der Waals surface area (Å²) in [4.78, 5) is 15.2. The Bertz CT molecular complexity index is 1230. The van der Waals surface area contributed by atoms with Gasteiger partial charge in [-0.05, 0) is 65.8 Å². The maximum atomic E-state index is 13.8. The highest BCUT2D eigenvalue weighted by Crippen LogP contribution is 2.54. The molecule has 0 spiro atoms. The van der Waals surface area contributed by atoms with Crippen LogP contribution in [-0.4, -0.2) is 24.1 Å². The summed E-state index contributed by atoms with van der Waals surface area (Å²) < 4.78 is 13.8. The summed E-state index contributed by atoms with van der Waals surface area (Å²) in [5.41, 5.74) is 6.55. The number of carbonyl (C=O) groups excluding carboxylic acids is 1. The van der Waals surface area contributed by atoms with Crippen LogP contribution in [-0.2, 0) is 10.8 Å². The van der Waals surface area contributed by atoms with Crippen LogP contribution in [0.25, 0.3) is 0 Å². The van der Waals surface area contributed by atoms with Crippen LogP contribution >= 0.6 is 11.8 Å². The van der Waals surface area contributed by atoms with E-state index in [1.807, 2.05) is 12.1 Å². The fraction of sp³-hybridized carbons (Fsp3) is 0.367. The molecular formula is C30H33FN2OS. The van der Waals surface area contributed by atoms with E-state index in [4.69, 9.17) is 0 Å². The standard InChI is InChI=1S/C30H33FN2OS/c1-4-18-35-28(34)32-24-19-25-27-26(20-24)30(3,22-10-12-23(31)13-11-22)15-17-33(27)16-14-29(25,2)21-8-6-5-7-9-21/h5-13,19-20H,4,14-18H2,1-3H3,(H,32,34)/t29-,30-/m0/s1. The van der Waals surface area contributed by atoms with Gasteiger partial charge in [0, 0.05) is 41.0 Å². The second kappa shape index (κ2) is 9.34. The lowest BCUT2D eigenvalue weighted by Crippen LogP contribution is -2.47. The summed E-state index contributed by atoms with van der Waals surface area (Å²) in [7, 11) is 0. The van der Waals surface area contributed by atoms with Crippen LogP contribution in [0.3, 0.4) is 0 Å². The molecule has 3 nitrogen and oxygen atoms in total. The van der Waals surface area contributed by atoms with E-state index in [-0.39, 0.29) is 21.9 Å². The molecule has 2 aliphatic heterocycles. The zero-order chi connectivity index (χ0) is 24.6. The van der Waals surface area contributed by atoms with Crippen LogP contribution in [0.1, 0.15) is 62.3 Å². The van der Waals surface area contributed by atoms with E-state index < -0.39 is 0 Å². The molecular weight excluding hydrogens is 455 g/mol. The Morgan fingerprint density at radius 1 is 0.943 bits per heavy atom. The minimum absolute atomic E-state index is 0.0209. The smallest absolute Gasteiger partial charge is 0.283 e. The van der Waals surface area contributed by atoms with Gasteiger partial charge in [0.1, 0.15) is 5.82 Å². The normalized spacial score (nSPS) is 23.0. The maximum absolute atomic E-state index is 13.8. The van der Waals surface area contributed by atoms with E-state index in [9.17, 15) is 9.18 Å². The minimum Gasteiger partial charge on any atom is -0.371 e. The third kappa shape index (κ3) is 4.24. The number of hydrogen-bond acceptors (Lipinski definition) is 3. The van der Waals surface area contributed by atoms with E-state index >= 15 is 0 Å². The Balaban J connectivity index is 1.70. The lowest BCUT2D eigenvalue weighted by Gasteiger charge is -2.50. The SMILES string of the molecule is CCCSC(=O)Nc1cc2c3c(c1)[C@](C)(c1ccc(F)cc1)CCN3CC[C@@]2(C)c1ccccc1. The van der Waals surface area contributed by atoms with Crippen LogP contribution in [0, 0.1) is 5.82 Å². The number of nitrogens with one attached hydrogen (secondary N) is 1. The first-order valence-electron chi connectivity index (χ1n) is 12.5. The van der Waals surface area contributed by atoms with Gasteiger partial charge >= 0.3 is 0 Å². The van der Waals surface area contributed by atoms with Gasteiger partial charge in [-0.15, -0.1) is 0 Å². The monoisotopic (exact) mass is 488 g/mol. The largest absolute Gasteiger partial charge is 0.371 e. The second-order valence-electron chi connectivity index (χ2n) is 10.2. The molecule has 3 aromatic carbocycles. The number of amides is 1. The third-order valence-corrected chi connectivity index (χ3v) is 8.93. The molecule has 1 N–H and O–H groups in total. The van der Waals surface area contributed by atoms with Gasteiger partial charge in [0.2, 0.25) is 0 Å². The molecule has 0 radical (unpaired) electrons. The topological polar surface area (TPSA) is 32.3 Å². The second-order valence-corrected chi connectivity index (χ2v) is 11.3. The van der Waals surface area contributed by atoms with Crippen LogP contribution < -0.4 is 10.2 Å². The van der Waals surface area contributed by atoms with Crippen molar-refractivity contribution in [2.45, 2.75) is 50.9 Å². The van der Waals surface area contributed by atoms with Gasteiger partial charge in [-0.25, -0.2) is 4.39 Å². The first kappa shape index (κ1) is 23.9. The van der Waals surface area contributed by atoms with E-state index in [0.29, 0.717) is 0 Å². The van der Waals surface area contributed by atoms with Gasteiger partial charge < -0.3 is 10.2 Å². The van der Waals surface area contributed by atoms with Crippen molar-refractivity contribution < 1.29 is 9.18 Å². The Morgan fingerprint density at radius 3 is 2.09 bits per heavy atom. The Morgan fingerprint density at radius 2 is 1.51 bits per heavy atom. The first-order valence-corrected chi connectivity index (χ1v) is 13.5. The van der Waals surface area contributed by atoms with Crippen LogP contribution in [0.15, 0.2) is 66.7 Å². The lowest BCUT2D eigenvalue weighted by atomic mass is 9.64. The first-order chi connectivity index (χ1) is 16.8. The van der Waals surface area contributed by atoms with Gasteiger partial charge in [0.15, 0.2) is 0 Å². The molecule has 0 unspecified atom stereocenters. The highest BCUT2D eigenvalue weighted by atomic mass is 32.2. The number of benzene rings is 3. The predicted octanol–water partition coefficient (Wildman–Crippen LogP) is 7.73. The fourth-order valence-corrected chi connectivity index (χ4v) is 6.36. The van der Waals surface area contributed by atoms with Gasteiger partial charge in [-0.2, -0.15) is 0 Å². The Hall–Kier alpha value is -2.79. The quantitative estimate of drug-likeness (QED) is 0.399. The number of hydrogen-bond donors (Lipinski definition) is 1. The predicted molar refractivity (Wildman–Crippen MR) is 145 cm³/mol. The molecule has 0 saturated carbocycles. The van der Waals surface area contributed by atoms with Crippen LogP contribution in [0.2, 0.25) is 0 Å². The minimum atomic E-state index is -0.277. The molecule has 0 aliphatic carbocycles. The van der Waals surface area contributed by atoms with E-state index in [0.717, 1.165) is 49.4 Å². The van der Waals surface area contributed by atoms with Gasteiger partial charge in [0.25, 0.3) is 5.24 Å². The Labute approximate surface area is 212 Å². The molecule has 0 aromatic heterocycles. The molecule has 0 saturated heterocycles. The van der Waals surface area contributed by atoms with Crippen molar-refractivity contribution in [2.75, 3.05) is 29.1 Å². The average Bonchev–Trinajstić information content (AvgIpc) is 2.87. The summed E-state index contributed by atoms with van der Waals surface area (Å²) in [5.74, 6) is 0.578. The van der Waals surface area contributed by atoms with Gasteiger partial charge in [-0.3, -0.25) is 4.79 Å². The zero-order valence-electron chi connectivity index (χ0n) is 20.7. The fourth-order valence-electron chi connectivity index (χ4n) is 5.78. The van der Waals surface area contributed by atoms with Gasteiger partial charge in [0.05, 0.1) is 0 Å². The number of anilines is 2. The number of halogens is 1. The Kier molecular flexibility index (Phi) is 6.39. The molecule has 35 heavy (non-hydrogen) atoms. The van der Waals surface area contributed by atoms with Crippen LogP contribution in [0.5, 0.6) is 0 Å². The molecule has 3 aromatic rings. The summed E-state index contributed by atoms with van der Waals surface area (Å²) in [5, 5.41) is 3.15. The molecule has 2 atom stereocenters. The summed E-state index contributed by atoms with van der Waals surface area (Å²) in [6.07, 6.45) is 2.91. The molecule has 0 fully saturated rings. The third-order valence-electron chi connectivity index (χ3n) is 7.95. The number of carbonyl (C=O) groups is 1. The lowest BCUT2D eigenvalue weighted by molar-refractivity contribution is 0.269. The van der Waals surface area contributed by atoms with Crippen molar-refractivity contribution in [1.29, 1.82) is 0 Å². The van der Waals surface area contributed by atoms with Crippen molar-refractivity contribution in [3.63, 3.8) is 0 Å². The van der Waals surface area contributed by atoms with Gasteiger partial charge in [-0.1, -0.05) is 75.0 Å². The van der Waals surface area contributed by atoms with Crippen molar-refractivity contribution in [3.8, 4) is 0 Å². The van der Waals surface area contributed by atoms with E-state index in [1.54, 1.807) is 12.1 Å². The molecule has 182 valence electrons. The van der Waals surface area contributed by atoms with Crippen molar-refractivity contribution in [2.24, 2.45) is 0 Å². The number of nitrogens with zero attached hydrogens (tertiary/aromatic N) is 1. The van der Waals surface area contributed by atoms with Crippen molar-refractivity contribution in [1.82, 2.24) is 0 Å². The van der Waals surface area contributed by atoms with Crippen molar-refractivity contribution in [3.05, 3.63) is 94.8 Å². The molecule has 2 aliphatic rings. The molecule has 0 bridgehead atoms. The molecule has 1 amide bonds. The molecule has 5 rings (SSSR count). The summed E-state index contributed by atoms with van der Waals surface area (Å²) >= 11 is 1.33. The van der Waals surface area contributed by atoms with Crippen molar-refractivity contribution >= 4 is 28.4 Å². The molecule has 2 heterocycles. The zero-order valence-corrected chi connectivity index (χ0v) is 21.6. The highest BCUT2D eigenvalue weighted by Gasteiger charge is 2.45.